The van der Waals surface area contributed by atoms with Gasteiger partial charge in [-0.25, -0.2) is 4.39 Å². The summed E-state index contributed by atoms with van der Waals surface area (Å²) in [6, 6.07) is 9.40. The van der Waals surface area contributed by atoms with Crippen LogP contribution < -0.4 is 15.2 Å². The van der Waals surface area contributed by atoms with E-state index < -0.39 is 5.82 Å². The van der Waals surface area contributed by atoms with Crippen LogP contribution in [0.5, 0.6) is 11.5 Å². The van der Waals surface area contributed by atoms with Crippen LogP contribution in [0.3, 0.4) is 0 Å². The van der Waals surface area contributed by atoms with E-state index in [4.69, 9.17) is 32.2 Å². The molecule has 2 rings (SSSR count). The molecule has 0 aliphatic rings. The number of rotatable bonds is 5. The van der Waals surface area contributed by atoms with E-state index in [1.54, 1.807) is 24.3 Å². The van der Waals surface area contributed by atoms with Crippen molar-refractivity contribution in [1.82, 2.24) is 0 Å². The standard InChI is InChI=1S/C15H14ClFN2O2/c1-20-13-7-2-4-9(15(18)19)14(13)21-8-10-11(16)5-3-6-12(10)17/h2-7H,8H2,1H3,(H3,18,19). The van der Waals surface area contributed by atoms with Gasteiger partial charge in [0, 0.05) is 5.56 Å². The van der Waals surface area contributed by atoms with Gasteiger partial charge in [-0.2, -0.15) is 0 Å². The summed E-state index contributed by atoms with van der Waals surface area (Å²) in [6.07, 6.45) is 0. The van der Waals surface area contributed by atoms with Crippen LogP contribution in [-0.2, 0) is 6.61 Å². The minimum absolute atomic E-state index is 0.0911. The van der Waals surface area contributed by atoms with Gasteiger partial charge in [0.1, 0.15) is 18.3 Å². The molecule has 0 saturated carbocycles. The lowest BCUT2D eigenvalue weighted by Gasteiger charge is -2.15. The van der Waals surface area contributed by atoms with E-state index in [1.807, 2.05) is 0 Å². The Morgan fingerprint density at radius 1 is 1.29 bits per heavy atom. The maximum atomic E-state index is 13.7. The van der Waals surface area contributed by atoms with Crippen LogP contribution in [0.2, 0.25) is 5.02 Å². The van der Waals surface area contributed by atoms with E-state index in [0.29, 0.717) is 11.3 Å². The molecule has 0 amide bonds. The highest BCUT2D eigenvalue weighted by Gasteiger charge is 2.15. The van der Waals surface area contributed by atoms with Crippen LogP contribution in [0, 0.1) is 11.2 Å². The van der Waals surface area contributed by atoms with Crippen molar-refractivity contribution in [3.8, 4) is 11.5 Å². The third kappa shape index (κ3) is 3.25. The van der Waals surface area contributed by atoms with E-state index in [0.717, 1.165) is 0 Å². The summed E-state index contributed by atoms with van der Waals surface area (Å²) in [5, 5.41) is 7.83. The highest BCUT2D eigenvalue weighted by Crippen LogP contribution is 2.32. The van der Waals surface area contributed by atoms with Gasteiger partial charge in [-0.15, -0.1) is 0 Å². The lowest BCUT2D eigenvalue weighted by Crippen LogP contribution is -2.14. The van der Waals surface area contributed by atoms with Crippen LogP contribution in [-0.4, -0.2) is 12.9 Å². The monoisotopic (exact) mass is 308 g/mol. The number of ether oxygens (including phenoxy) is 2. The van der Waals surface area contributed by atoms with Gasteiger partial charge in [0.2, 0.25) is 0 Å². The average Bonchev–Trinajstić information content (AvgIpc) is 2.46. The number of benzene rings is 2. The first-order valence-corrected chi connectivity index (χ1v) is 6.49. The molecular weight excluding hydrogens is 295 g/mol. The number of para-hydroxylation sites is 1. The molecule has 2 aromatic carbocycles. The number of methoxy groups -OCH3 is 1. The molecular formula is C15H14ClFN2O2. The first kappa shape index (κ1) is 15.1. The Morgan fingerprint density at radius 2 is 2.00 bits per heavy atom. The van der Waals surface area contributed by atoms with Crippen molar-refractivity contribution >= 4 is 17.4 Å². The highest BCUT2D eigenvalue weighted by atomic mass is 35.5. The fourth-order valence-corrected chi connectivity index (χ4v) is 2.07. The lowest BCUT2D eigenvalue weighted by atomic mass is 10.1. The Hall–Kier alpha value is -2.27. The molecule has 0 aliphatic carbocycles. The van der Waals surface area contributed by atoms with Gasteiger partial charge >= 0.3 is 0 Å². The Bertz CT molecular complexity index is 656. The second-order valence-electron chi connectivity index (χ2n) is 4.24. The molecule has 0 atom stereocenters. The molecule has 110 valence electrons. The van der Waals surface area contributed by atoms with Crippen molar-refractivity contribution in [2.45, 2.75) is 6.61 Å². The van der Waals surface area contributed by atoms with E-state index in [2.05, 4.69) is 0 Å². The second kappa shape index (κ2) is 6.45. The molecule has 0 bridgehead atoms. The van der Waals surface area contributed by atoms with Gasteiger partial charge in [-0.05, 0) is 24.3 Å². The van der Waals surface area contributed by atoms with Gasteiger partial charge in [-0.1, -0.05) is 23.7 Å². The zero-order valence-corrected chi connectivity index (χ0v) is 12.1. The molecule has 0 saturated heterocycles. The molecule has 0 unspecified atom stereocenters. The number of amidine groups is 1. The Morgan fingerprint density at radius 3 is 2.62 bits per heavy atom. The number of halogens is 2. The van der Waals surface area contributed by atoms with Crippen molar-refractivity contribution in [2.75, 3.05) is 7.11 Å². The Labute approximate surface area is 126 Å². The van der Waals surface area contributed by atoms with Gasteiger partial charge in [0.05, 0.1) is 17.7 Å². The maximum absolute atomic E-state index is 13.7. The summed E-state index contributed by atoms with van der Waals surface area (Å²) >= 11 is 5.95. The molecule has 0 radical (unpaired) electrons. The third-order valence-electron chi connectivity index (χ3n) is 2.91. The van der Waals surface area contributed by atoms with Crippen molar-refractivity contribution in [3.63, 3.8) is 0 Å². The zero-order chi connectivity index (χ0) is 15.4. The number of nitrogens with one attached hydrogen (secondary N) is 1. The molecule has 0 spiro atoms. The zero-order valence-electron chi connectivity index (χ0n) is 11.3. The minimum atomic E-state index is -0.457. The molecule has 4 nitrogen and oxygen atoms in total. The number of nitrogen functional groups attached to an aromatic ring is 1. The molecule has 3 N–H and O–H groups in total. The van der Waals surface area contributed by atoms with Crippen LogP contribution in [0.15, 0.2) is 36.4 Å². The van der Waals surface area contributed by atoms with Gasteiger partial charge in [-0.3, -0.25) is 5.41 Å². The molecule has 0 aliphatic heterocycles. The van der Waals surface area contributed by atoms with Crippen molar-refractivity contribution in [2.24, 2.45) is 5.73 Å². The lowest BCUT2D eigenvalue weighted by molar-refractivity contribution is 0.279. The number of nitrogens with two attached hydrogens (primary N) is 1. The quantitative estimate of drug-likeness (QED) is 0.657. The van der Waals surface area contributed by atoms with Crippen molar-refractivity contribution in [1.29, 1.82) is 5.41 Å². The SMILES string of the molecule is COc1cccc(C(=N)N)c1OCc1c(F)cccc1Cl. The average molecular weight is 309 g/mol. The molecule has 2 aromatic rings. The van der Waals surface area contributed by atoms with E-state index >= 15 is 0 Å². The topological polar surface area (TPSA) is 68.3 Å². The largest absolute Gasteiger partial charge is 0.493 e. The third-order valence-corrected chi connectivity index (χ3v) is 3.27. The predicted octanol–water partition coefficient (Wildman–Crippen LogP) is 3.35. The van der Waals surface area contributed by atoms with Crippen LogP contribution in [0.1, 0.15) is 11.1 Å². The molecule has 0 heterocycles. The first-order chi connectivity index (χ1) is 10.0. The highest BCUT2D eigenvalue weighted by molar-refractivity contribution is 6.31. The summed E-state index contributed by atoms with van der Waals surface area (Å²) < 4.78 is 24.5. The van der Waals surface area contributed by atoms with Crippen molar-refractivity contribution < 1.29 is 13.9 Å². The minimum Gasteiger partial charge on any atom is -0.493 e. The normalized spacial score (nSPS) is 10.2. The maximum Gasteiger partial charge on any atom is 0.172 e. The summed E-state index contributed by atoms with van der Waals surface area (Å²) in [5.41, 5.74) is 6.13. The molecule has 6 heteroatoms. The smallest absolute Gasteiger partial charge is 0.172 e. The van der Waals surface area contributed by atoms with Crippen LogP contribution in [0.25, 0.3) is 0 Å². The summed E-state index contributed by atoms with van der Waals surface area (Å²) in [4.78, 5) is 0. The van der Waals surface area contributed by atoms with Crippen LogP contribution in [0.4, 0.5) is 4.39 Å². The molecule has 0 fully saturated rings. The fraction of sp³-hybridized carbons (Fsp3) is 0.133. The van der Waals surface area contributed by atoms with Gasteiger partial charge in [0.15, 0.2) is 11.5 Å². The Kier molecular flexibility index (Phi) is 4.65. The van der Waals surface area contributed by atoms with Gasteiger partial charge in [0.25, 0.3) is 0 Å². The Balaban J connectivity index is 2.33. The van der Waals surface area contributed by atoms with Gasteiger partial charge < -0.3 is 15.2 Å². The predicted molar refractivity (Wildman–Crippen MR) is 79.8 cm³/mol. The summed E-state index contributed by atoms with van der Waals surface area (Å²) in [6.45, 7) is -0.0911. The number of hydrogen-bond acceptors (Lipinski definition) is 3. The van der Waals surface area contributed by atoms with E-state index in [-0.39, 0.29) is 28.8 Å². The van der Waals surface area contributed by atoms with E-state index in [9.17, 15) is 4.39 Å². The van der Waals surface area contributed by atoms with Crippen molar-refractivity contribution in [3.05, 3.63) is 58.4 Å². The molecule has 21 heavy (non-hydrogen) atoms. The summed E-state index contributed by atoms with van der Waals surface area (Å²) in [5.74, 6) is 0.0762. The first-order valence-electron chi connectivity index (χ1n) is 6.11. The van der Waals surface area contributed by atoms with E-state index in [1.165, 1.54) is 19.2 Å². The second-order valence-corrected chi connectivity index (χ2v) is 4.65. The number of hydrogen-bond donors (Lipinski definition) is 2. The fourth-order valence-electron chi connectivity index (χ4n) is 1.85. The summed E-state index contributed by atoms with van der Waals surface area (Å²) in [7, 11) is 1.47. The molecule has 0 aromatic heterocycles. The van der Waals surface area contributed by atoms with Crippen LogP contribution >= 0.6 is 11.6 Å².